The molecule has 0 saturated heterocycles. The summed E-state index contributed by atoms with van der Waals surface area (Å²) in [7, 11) is 0. The first-order valence-corrected chi connectivity index (χ1v) is 5.20. The van der Waals surface area contributed by atoms with Crippen LogP contribution < -0.4 is 20.5 Å². The highest BCUT2D eigenvalue weighted by molar-refractivity contribution is 5.97. The second-order valence-electron chi connectivity index (χ2n) is 3.44. The summed E-state index contributed by atoms with van der Waals surface area (Å²) in [5.41, 5.74) is 5.85. The number of hydrogen-bond donors (Lipinski definition) is 2. The molecule has 0 atom stereocenters. The maximum Gasteiger partial charge on any atom is 0.255 e. The summed E-state index contributed by atoms with van der Waals surface area (Å²) < 4.78 is 10.4. The molecule has 0 saturated carbocycles. The Hall–Kier alpha value is -1.75. The van der Waals surface area contributed by atoms with Crippen LogP contribution in [0.15, 0.2) is 18.2 Å². The van der Waals surface area contributed by atoms with Crippen molar-refractivity contribution in [1.82, 2.24) is 5.32 Å². The average Bonchev–Trinajstić information content (AvgIpc) is 2.76. The Morgan fingerprint density at radius 1 is 1.44 bits per heavy atom. The number of fused-ring (bicyclic) bond motifs is 1. The molecule has 1 aromatic carbocycles. The lowest BCUT2D eigenvalue weighted by molar-refractivity contribution is 0.0949. The molecule has 16 heavy (non-hydrogen) atoms. The topological polar surface area (TPSA) is 73.6 Å². The van der Waals surface area contributed by atoms with E-state index in [1.807, 2.05) is 0 Å². The SMILES string of the molecule is NCCCNC(=O)c1cccc2c1OCO2. The van der Waals surface area contributed by atoms with Crippen LogP contribution in [0.4, 0.5) is 0 Å². The number of carbonyl (C=O) groups is 1. The molecule has 0 radical (unpaired) electrons. The molecule has 5 nitrogen and oxygen atoms in total. The monoisotopic (exact) mass is 222 g/mol. The van der Waals surface area contributed by atoms with Crippen LogP contribution in [0.1, 0.15) is 16.8 Å². The van der Waals surface area contributed by atoms with Crippen molar-refractivity contribution in [3.63, 3.8) is 0 Å². The van der Waals surface area contributed by atoms with E-state index in [0.29, 0.717) is 30.2 Å². The highest BCUT2D eigenvalue weighted by Gasteiger charge is 2.21. The number of benzene rings is 1. The van der Waals surface area contributed by atoms with Crippen molar-refractivity contribution in [1.29, 1.82) is 0 Å². The largest absolute Gasteiger partial charge is 0.454 e. The zero-order chi connectivity index (χ0) is 11.4. The van der Waals surface area contributed by atoms with Gasteiger partial charge in [0.05, 0.1) is 5.56 Å². The Labute approximate surface area is 93.5 Å². The number of ether oxygens (including phenoxy) is 2. The minimum Gasteiger partial charge on any atom is -0.454 e. The van der Waals surface area contributed by atoms with Crippen LogP contribution in [-0.4, -0.2) is 25.8 Å². The molecular formula is C11H14N2O3. The Kier molecular flexibility index (Phi) is 3.26. The molecule has 0 unspecified atom stereocenters. The van der Waals surface area contributed by atoms with E-state index in [0.717, 1.165) is 6.42 Å². The molecule has 3 N–H and O–H groups in total. The summed E-state index contributed by atoms with van der Waals surface area (Å²) in [5, 5.41) is 2.78. The third-order valence-electron chi connectivity index (χ3n) is 2.31. The molecular weight excluding hydrogens is 208 g/mol. The molecule has 1 amide bonds. The van der Waals surface area contributed by atoms with E-state index in [1.165, 1.54) is 0 Å². The summed E-state index contributed by atoms with van der Waals surface area (Å²) in [6.07, 6.45) is 0.762. The zero-order valence-electron chi connectivity index (χ0n) is 8.86. The Morgan fingerprint density at radius 2 is 2.31 bits per heavy atom. The van der Waals surface area contributed by atoms with Crippen LogP contribution >= 0.6 is 0 Å². The molecule has 0 fully saturated rings. The molecule has 5 heteroatoms. The van der Waals surface area contributed by atoms with Gasteiger partial charge in [0.25, 0.3) is 5.91 Å². The van der Waals surface area contributed by atoms with Gasteiger partial charge in [-0.05, 0) is 25.1 Å². The summed E-state index contributed by atoms with van der Waals surface area (Å²) >= 11 is 0. The molecule has 1 aliphatic heterocycles. The highest BCUT2D eigenvalue weighted by Crippen LogP contribution is 2.35. The number of rotatable bonds is 4. The van der Waals surface area contributed by atoms with Gasteiger partial charge in [-0.3, -0.25) is 4.79 Å². The summed E-state index contributed by atoms with van der Waals surface area (Å²) in [6.45, 7) is 1.30. The number of nitrogens with one attached hydrogen (secondary N) is 1. The van der Waals surface area contributed by atoms with E-state index in [-0.39, 0.29) is 12.7 Å². The molecule has 0 aromatic heterocycles. The Bertz CT molecular complexity index is 393. The normalized spacial score (nSPS) is 12.6. The van der Waals surface area contributed by atoms with Gasteiger partial charge in [0.1, 0.15) is 0 Å². The first-order chi connectivity index (χ1) is 7.83. The van der Waals surface area contributed by atoms with Gasteiger partial charge in [0, 0.05) is 6.54 Å². The van der Waals surface area contributed by atoms with Gasteiger partial charge in [-0.1, -0.05) is 6.07 Å². The van der Waals surface area contributed by atoms with Crippen molar-refractivity contribution in [2.24, 2.45) is 5.73 Å². The lowest BCUT2D eigenvalue weighted by Gasteiger charge is -2.06. The third-order valence-corrected chi connectivity index (χ3v) is 2.31. The minimum absolute atomic E-state index is 0.157. The first-order valence-electron chi connectivity index (χ1n) is 5.20. The van der Waals surface area contributed by atoms with Gasteiger partial charge >= 0.3 is 0 Å². The smallest absolute Gasteiger partial charge is 0.255 e. The van der Waals surface area contributed by atoms with Crippen LogP contribution in [0.25, 0.3) is 0 Å². The Morgan fingerprint density at radius 3 is 3.12 bits per heavy atom. The van der Waals surface area contributed by atoms with E-state index in [9.17, 15) is 4.79 Å². The summed E-state index contributed by atoms with van der Waals surface area (Å²) in [4.78, 5) is 11.8. The maximum absolute atomic E-state index is 11.8. The highest BCUT2D eigenvalue weighted by atomic mass is 16.7. The number of amides is 1. The van der Waals surface area contributed by atoms with Crippen LogP contribution in [0, 0.1) is 0 Å². The molecule has 2 rings (SSSR count). The van der Waals surface area contributed by atoms with Crippen molar-refractivity contribution < 1.29 is 14.3 Å². The molecule has 0 bridgehead atoms. The van der Waals surface area contributed by atoms with E-state index < -0.39 is 0 Å². The molecule has 1 aliphatic rings. The van der Waals surface area contributed by atoms with Crippen molar-refractivity contribution in [3.05, 3.63) is 23.8 Å². The molecule has 0 spiro atoms. The average molecular weight is 222 g/mol. The van der Waals surface area contributed by atoms with Gasteiger partial charge in [0.15, 0.2) is 11.5 Å². The predicted octanol–water partition coefficient (Wildman–Crippen LogP) is 0.494. The third kappa shape index (κ3) is 2.09. The summed E-state index contributed by atoms with van der Waals surface area (Å²) in [6, 6.07) is 5.26. The van der Waals surface area contributed by atoms with Gasteiger partial charge in [-0.2, -0.15) is 0 Å². The second kappa shape index (κ2) is 4.85. The number of para-hydroxylation sites is 1. The van der Waals surface area contributed by atoms with E-state index >= 15 is 0 Å². The van der Waals surface area contributed by atoms with Crippen LogP contribution in [0.3, 0.4) is 0 Å². The van der Waals surface area contributed by atoms with Gasteiger partial charge in [0.2, 0.25) is 6.79 Å². The van der Waals surface area contributed by atoms with E-state index in [4.69, 9.17) is 15.2 Å². The fourth-order valence-electron chi connectivity index (χ4n) is 1.51. The number of hydrogen-bond acceptors (Lipinski definition) is 4. The van der Waals surface area contributed by atoms with Crippen LogP contribution in [0.2, 0.25) is 0 Å². The van der Waals surface area contributed by atoms with Crippen molar-refractivity contribution in [2.75, 3.05) is 19.9 Å². The lowest BCUT2D eigenvalue weighted by Crippen LogP contribution is -2.26. The molecule has 1 heterocycles. The lowest BCUT2D eigenvalue weighted by atomic mass is 10.1. The van der Waals surface area contributed by atoms with Crippen molar-refractivity contribution >= 4 is 5.91 Å². The Balaban J connectivity index is 2.09. The molecule has 86 valence electrons. The standard InChI is InChI=1S/C11H14N2O3/c12-5-2-6-13-11(14)8-3-1-4-9-10(8)16-7-15-9/h1,3-4H,2,5-7,12H2,(H,13,14). The number of carbonyl (C=O) groups excluding carboxylic acids is 1. The quantitative estimate of drug-likeness (QED) is 0.727. The van der Waals surface area contributed by atoms with Crippen molar-refractivity contribution in [2.45, 2.75) is 6.42 Å². The first kappa shape index (κ1) is 10.8. The number of nitrogens with two attached hydrogens (primary N) is 1. The van der Waals surface area contributed by atoms with E-state index in [1.54, 1.807) is 18.2 Å². The van der Waals surface area contributed by atoms with Gasteiger partial charge < -0.3 is 20.5 Å². The second-order valence-corrected chi connectivity index (χ2v) is 3.44. The minimum atomic E-state index is -0.157. The van der Waals surface area contributed by atoms with Crippen LogP contribution in [0.5, 0.6) is 11.5 Å². The van der Waals surface area contributed by atoms with Crippen LogP contribution in [-0.2, 0) is 0 Å². The van der Waals surface area contributed by atoms with Gasteiger partial charge in [-0.25, -0.2) is 0 Å². The molecule has 0 aliphatic carbocycles. The van der Waals surface area contributed by atoms with Gasteiger partial charge in [-0.15, -0.1) is 0 Å². The maximum atomic E-state index is 11.8. The molecule has 1 aromatic rings. The zero-order valence-corrected chi connectivity index (χ0v) is 8.86. The fourth-order valence-corrected chi connectivity index (χ4v) is 1.51. The van der Waals surface area contributed by atoms with Crippen molar-refractivity contribution in [3.8, 4) is 11.5 Å². The van der Waals surface area contributed by atoms with E-state index in [2.05, 4.69) is 5.32 Å². The fraction of sp³-hybridized carbons (Fsp3) is 0.364. The summed E-state index contributed by atoms with van der Waals surface area (Å²) in [5.74, 6) is 0.982. The predicted molar refractivity (Wildman–Crippen MR) is 58.6 cm³/mol.